The van der Waals surface area contributed by atoms with Gasteiger partial charge in [0.05, 0.1) is 12.2 Å². The van der Waals surface area contributed by atoms with Crippen LogP contribution in [0.5, 0.6) is 0 Å². The van der Waals surface area contributed by atoms with Gasteiger partial charge in [0, 0.05) is 29.7 Å². The van der Waals surface area contributed by atoms with Gasteiger partial charge in [-0.1, -0.05) is 50.8 Å². The molecular formula is C23H36O6S. The van der Waals surface area contributed by atoms with Crippen molar-refractivity contribution < 1.29 is 29.6 Å². The fraction of sp³-hybridized carbons (Fsp3) is 0.652. The minimum atomic E-state index is -0.787. The van der Waals surface area contributed by atoms with Crippen molar-refractivity contribution in [2.45, 2.75) is 83.8 Å². The van der Waals surface area contributed by atoms with Crippen LogP contribution in [0.4, 0.5) is 0 Å². The van der Waals surface area contributed by atoms with Crippen LogP contribution in [0.1, 0.15) is 71.6 Å². The summed E-state index contributed by atoms with van der Waals surface area (Å²) in [5.41, 5.74) is 0. The molecule has 1 aliphatic rings. The van der Waals surface area contributed by atoms with Crippen LogP contribution >= 0.6 is 11.8 Å². The second kappa shape index (κ2) is 15.3. The number of aliphatic hydroxyl groups is 2. The number of carboxylic acid groups (broad SMARTS) is 1. The van der Waals surface area contributed by atoms with Crippen molar-refractivity contribution in [2.24, 2.45) is 5.92 Å². The second-order valence-electron chi connectivity index (χ2n) is 7.51. The summed E-state index contributed by atoms with van der Waals surface area (Å²) in [6.45, 7) is 3.85. The predicted molar refractivity (Wildman–Crippen MR) is 120 cm³/mol. The van der Waals surface area contributed by atoms with E-state index in [-0.39, 0.29) is 18.8 Å². The smallest absolute Gasteiger partial charge is 0.335 e. The van der Waals surface area contributed by atoms with Crippen LogP contribution in [0.15, 0.2) is 35.0 Å². The first-order valence-corrected chi connectivity index (χ1v) is 11.8. The second-order valence-corrected chi connectivity index (χ2v) is 8.64. The van der Waals surface area contributed by atoms with Crippen LogP contribution in [-0.4, -0.2) is 45.2 Å². The highest BCUT2D eigenvalue weighted by molar-refractivity contribution is 8.03. The molecule has 0 fully saturated rings. The first-order valence-electron chi connectivity index (χ1n) is 10.9. The number of carboxylic acids is 1. The van der Waals surface area contributed by atoms with Crippen LogP contribution in [-0.2, 0) is 14.3 Å². The molecule has 0 saturated carbocycles. The third-order valence-electron chi connectivity index (χ3n) is 4.85. The zero-order valence-corrected chi connectivity index (χ0v) is 18.9. The number of carbonyl (C=O) groups excluding carboxylic acids is 1. The Morgan fingerprint density at radius 1 is 1.23 bits per heavy atom. The topological polar surface area (TPSA) is 104 Å². The van der Waals surface area contributed by atoms with E-state index in [0.29, 0.717) is 18.6 Å². The van der Waals surface area contributed by atoms with E-state index in [4.69, 9.17) is 9.84 Å². The number of thioether (sulfide) groups is 1. The van der Waals surface area contributed by atoms with Gasteiger partial charge < -0.3 is 20.1 Å². The van der Waals surface area contributed by atoms with Gasteiger partial charge in [0.15, 0.2) is 0 Å². The molecule has 170 valence electrons. The zero-order chi connectivity index (χ0) is 22.4. The standard InChI is InChI=1S/C23H36O6S/c1-3-5-7-11-17(24)13-14-18-19(25)16-20(29-22(28)10-4-2)23(18)30-15-9-6-8-12-21(26)27/h4,10,13-14,17-19,24-25H,3,5-9,11-12,15-16H2,1-2H3,(H,26,27)/b10-4+,14-13+/t17-,18-,19+/m0/s1. The van der Waals surface area contributed by atoms with Gasteiger partial charge in [-0.15, -0.1) is 11.8 Å². The summed E-state index contributed by atoms with van der Waals surface area (Å²) >= 11 is 1.53. The Kier molecular flexibility index (Phi) is 13.5. The molecule has 30 heavy (non-hydrogen) atoms. The minimum Gasteiger partial charge on any atom is -0.481 e. The predicted octanol–water partition coefficient (Wildman–Crippen LogP) is 4.57. The fourth-order valence-electron chi connectivity index (χ4n) is 3.24. The summed E-state index contributed by atoms with van der Waals surface area (Å²) in [5, 5.41) is 29.4. The quantitative estimate of drug-likeness (QED) is 0.148. The fourth-order valence-corrected chi connectivity index (χ4v) is 4.52. The Labute approximate surface area is 184 Å². The zero-order valence-electron chi connectivity index (χ0n) is 18.1. The SMILES string of the molecule is C/C=C/C(=O)OC1=C(SCCCCCC(=O)O)[C@@H](/C=C/[C@@H](O)CCCCC)[C@H](O)C1. The number of hydrogen-bond donors (Lipinski definition) is 3. The Morgan fingerprint density at radius 2 is 2.00 bits per heavy atom. The molecule has 3 atom stereocenters. The number of hydrogen-bond acceptors (Lipinski definition) is 6. The van der Waals surface area contributed by atoms with Gasteiger partial charge in [0.2, 0.25) is 0 Å². The molecule has 0 aromatic carbocycles. The van der Waals surface area contributed by atoms with Crippen molar-refractivity contribution in [1.82, 2.24) is 0 Å². The molecule has 0 heterocycles. The van der Waals surface area contributed by atoms with E-state index in [9.17, 15) is 19.8 Å². The molecule has 0 radical (unpaired) electrons. The van der Waals surface area contributed by atoms with Gasteiger partial charge in [-0.2, -0.15) is 0 Å². The third-order valence-corrected chi connectivity index (χ3v) is 6.15. The lowest BCUT2D eigenvalue weighted by Crippen LogP contribution is -2.14. The summed E-state index contributed by atoms with van der Waals surface area (Å²) in [6.07, 6.45) is 11.7. The number of rotatable bonds is 15. The maximum Gasteiger partial charge on any atom is 0.335 e. The molecule has 0 aromatic heterocycles. The number of aliphatic carboxylic acids is 1. The van der Waals surface area contributed by atoms with Crippen LogP contribution < -0.4 is 0 Å². The maximum absolute atomic E-state index is 11.9. The summed E-state index contributed by atoms with van der Waals surface area (Å²) in [6, 6.07) is 0. The highest BCUT2D eigenvalue weighted by atomic mass is 32.2. The Bertz CT molecular complexity index is 625. The first kappa shape index (κ1) is 26.5. The number of allylic oxidation sites excluding steroid dienone is 1. The largest absolute Gasteiger partial charge is 0.481 e. The summed E-state index contributed by atoms with van der Waals surface area (Å²) in [5.74, 6) is -0.344. The van der Waals surface area contributed by atoms with E-state index < -0.39 is 24.1 Å². The Balaban J connectivity index is 2.77. The van der Waals surface area contributed by atoms with Crippen molar-refractivity contribution in [2.75, 3.05) is 5.75 Å². The molecular weight excluding hydrogens is 404 g/mol. The van der Waals surface area contributed by atoms with Crippen LogP contribution in [0.2, 0.25) is 0 Å². The Morgan fingerprint density at radius 3 is 2.67 bits per heavy atom. The first-order chi connectivity index (χ1) is 14.4. The number of ether oxygens (including phenoxy) is 1. The van der Waals surface area contributed by atoms with E-state index in [1.807, 2.05) is 6.08 Å². The van der Waals surface area contributed by atoms with Crippen LogP contribution in [0, 0.1) is 5.92 Å². The lowest BCUT2D eigenvalue weighted by Gasteiger charge is -2.15. The van der Waals surface area contributed by atoms with Gasteiger partial charge in [-0.05, 0) is 31.9 Å². The molecule has 0 amide bonds. The highest BCUT2D eigenvalue weighted by Crippen LogP contribution is 2.41. The normalized spacial score (nSPS) is 20.4. The van der Waals surface area contributed by atoms with Crippen LogP contribution in [0.3, 0.4) is 0 Å². The van der Waals surface area contributed by atoms with Gasteiger partial charge in [0.1, 0.15) is 5.76 Å². The monoisotopic (exact) mass is 440 g/mol. The molecule has 0 aliphatic heterocycles. The van der Waals surface area contributed by atoms with Gasteiger partial charge in [-0.25, -0.2) is 4.79 Å². The van der Waals surface area contributed by atoms with E-state index in [2.05, 4.69) is 6.92 Å². The molecule has 0 spiro atoms. The van der Waals surface area contributed by atoms with Gasteiger partial charge in [0.25, 0.3) is 0 Å². The lowest BCUT2D eigenvalue weighted by molar-refractivity contribution is -0.137. The number of carbonyl (C=O) groups is 2. The summed E-state index contributed by atoms with van der Waals surface area (Å²) in [4.78, 5) is 23.3. The Hall–Kier alpha value is -1.57. The van der Waals surface area contributed by atoms with E-state index in [1.165, 1.54) is 17.8 Å². The average Bonchev–Trinajstić information content (AvgIpc) is 2.97. The highest BCUT2D eigenvalue weighted by Gasteiger charge is 2.34. The van der Waals surface area contributed by atoms with Crippen molar-refractivity contribution >= 4 is 23.7 Å². The van der Waals surface area contributed by atoms with Gasteiger partial charge in [-0.3, -0.25) is 4.79 Å². The molecule has 1 aliphatic carbocycles. The molecule has 0 bridgehead atoms. The third kappa shape index (κ3) is 10.5. The molecule has 0 saturated heterocycles. The molecule has 0 unspecified atom stereocenters. The van der Waals surface area contributed by atoms with Crippen molar-refractivity contribution in [3.8, 4) is 0 Å². The number of unbranched alkanes of at least 4 members (excludes halogenated alkanes) is 4. The van der Waals surface area contributed by atoms with E-state index >= 15 is 0 Å². The molecule has 3 N–H and O–H groups in total. The average molecular weight is 441 g/mol. The van der Waals surface area contributed by atoms with Crippen molar-refractivity contribution in [1.29, 1.82) is 0 Å². The minimum absolute atomic E-state index is 0.166. The van der Waals surface area contributed by atoms with Crippen molar-refractivity contribution in [3.63, 3.8) is 0 Å². The summed E-state index contributed by atoms with van der Waals surface area (Å²) < 4.78 is 5.46. The summed E-state index contributed by atoms with van der Waals surface area (Å²) in [7, 11) is 0. The van der Waals surface area contributed by atoms with Gasteiger partial charge >= 0.3 is 11.9 Å². The van der Waals surface area contributed by atoms with E-state index in [0.717, 1.165) is 42.8 Å². The maximum atomic E-state index is 11.9. The lowest BCUT2D eigenvalue weighted by atomic mass is 10.0. The molecule has 1 rings (SSSR count). The number of esters is 1. The van der Waals surface area contributed by atoms with Crippen molar-refractivity contribution in [3.05, 3.63) is 35.0 Å². The molecule has 7 heteroatoms. The van der Waals surface area contributed by atoms with Crippen LogP contribution in [0.25, 0.3) is 0 Å². The van der Waals surface area contributed by atoms with E-state index in [1.54, 1.807) is 19.1 Å². The molecule has 0 aromatic rings. The molecule has 6 nitrogen and oxygen atoms in total. The number of aliphatic hydroxyl groups excluding tert-OH is 2.